The molecule has 154 valence electrons. The van der Waals surface area contributed by atoms with E-state index in [1.165, 1.54) is 11.0 Å². The summed E-state index contributed by atoms with van der Waals surface area (Å²) in [7, 11) is 0. The van der Waals surface area contributed by atoms with Crippen molar-refractivity contribution < 1.29 is 14.5 Å². The molecule has 10 heteroatoms. The number of nitrogens with zero attached hydrogens (tertiary/aromatic N) is 3. The lowest BCUT2D eigenvalue weighted by molar-refractivity contribution is -0.384. The fourth-order valence-electron chi connectivity index (χ4n) is 3.28. The maximum absolute atomic E-state index is 12.9. The Morgan fingerprint density at radius 3 is 2.53 bits per heavy atom. The van der Waals surface area contributed by atoms with Crippen molar-refractivity contribution in [1.82, 2.24) is 0 Å². The fourth-order valence-corrected chi connectivity index (χ4v) is 4.70. The SMILES string of the molecule is O=C1/C(=C\c2ccc(N3CCOCC3)c([N+](=O)[O-])c2)SC(=S)N1c1ccc(Cl)cc1. The number of nitro benzene ring substituents is 1. The first-order valence-corrected chi connectivity index (χ1v) is 10.7. The standard InChI is InChI=1S/C20H16ClN3O4S2/c21-14-2-4-15(5-3-14)23-19(25)18(30-20(23)29)12-13-1-6-16(17(11-13)24(26)27)22-7-9-28-10-8-22/h1-6,11-12H,7-10H2/b18-12+. The van der Waals surface area contributed by atoms with Crippen molar-refractivity contribution in [2.24, 2.45) is 0 Å². The third-order valence-electron chi connectivity index (χ3n) is 4.72. The average molecular weight is 462 g/mol. The molecule has 2 aliphatic rings. The molecule has 0 aromatic heterocycles. The minimum Gasteiger partial charge on any atom is -0.378 e. The molecule has 0 N–H and O–H groups in total. The predicted octanol–water partition coefficient (Wildman–Crippen LogP) is 4.49. The molecule has 0 spiro atoms. The lowest BCUT2D eigenvalue weighted by atomic mass is 10.1. The molecule has 4 rings (SSSR count). The highest BCUT2D eigenvalue weighted by atomic mass is 35.5. The van der Waals surface area contributed by atoms with Crippen LogP contribution < -0.4 is 9.80 Å². The van der Waals surface area contributed by atoms with Gasteiger partial charge in [0.05, 0.1) is 28.7 Å². The molecule has 0 radical (unpaired) electrons. The van der Waals surface area contributed by atoms with E-state index in [9.17, 15) is 14.9 Å². The molecule has 2 heterocycles. The van der Waals surface area contributed by atoms with E-state index in [2.05, 4.69) is 0 Å². The van der Waals surface area contributed by atoms with Gasteiger partial charge in [0.15, 0.2) is 4.32 Å². The van der Waals surface area contributed by atoms with E-state index in [0.717, 1.165) is 11.8 Å². The smallest absolute Gasteiger partial charge is 0.293 e. The summed E-state index contributed by atoms with van der Waals surface area (Å²) in [4.78, 5) is 27.9. The number of carbonyl (C=O) groups is 1. The number of morpholine rings is 1. The van der Waals surface area contributed by atoms with E-state index < -0.39 is 4.92 Å². The molecule has 0 aliphatic carbocycles. The van der Waals surface area contributed by atoms with Crippen LogP contribution in [0.3, 0.4) is 0 Å². The second kappa shape index (κ2) is 8.73. The van der Waals surface area contributed by atoms with Crippen molar-refractivity contribution >= 4 is 68.9 Å². The number of nitro groups is 1. The minimum absolute atomic E-state index is 0.00108. The van der Waals surface area contributed by atoms with Crippen molar-refractivity contribution in [3.63, 3.8) is 0 Å². The van der Waals surface area contributed by atoms with E-state index in [4.69, 9.17) is 28.6 Å². The Labute approximate surface area is 187 Å². The molecule has 0 saturated carbocycles. The zero-order valence-corrected chi connectivity index (χ0v) is 18.0. The highest BCUT2D eigenvalue weighted by Crippen LogP contribution is 2.37. The zero-order valence-electron chi connectivity index (χ0n) is 15.6. The van der Waals surface area contributed by atoms with Crippen LogP contribution in [-0.2, 0) is 9.53 Å². The van der Waals surface area contributed by atoms with Crippen LogP contribution in [0, 0.1) is 10.1 Å². The van der Waals surface area contributed by atoms with Crippen LogP contribution in [0.2, 0.25) is 5.02 Å². The van der Waals surface area contributed by atoms with Gasteiger partial charge < -0.3 is 9.64 Å². The summed E-state index contributed by atoms with van der Waals surface area (Å²) in [5.41, 5.74) is 1.74. The van der Waals surface area contributed by atoms with E-state index in [0.29, 0.717) is 57.5 Å². The van der Waals surface area contributed by atoms with Crippen molar-refractivity contribution in [2.45, 2.75) is 0 Å². The highest BCUT2D eigenvalue weighted by molar-refractivity contribution is 8.27. The Bertz CT molecular complexity index is 1050. The molecule has 2 aromatic rings. The third-order valence-corrected chi connectivity index (χ3v) is 6.28. The van der Waals surface area contributed by atoms with Gasteiger partial charge >= 0.3 is 0 Å². The number of thiocarbonyl (C=S) groups is 1. The summed E-state index contributed by atoms with van der Waals surface area (Å²) in [6.07, 6.45) is 1.63. The number of carbonyl (C=O) groups excluding carboxylic acids is 1. The summed E-state index contributed by atoms with van der Waals surface area (Å²) < 4.78 is 5.72. The molecule has 30 heavy (non-hydrogen) atoms. The van der Waals surface area contributed by atoms with Gasteiger partial charge in [-0.2, -0.15) is 0 Å². The molecule has 0 unspecified atom stereocenters. The number of amides is 1. The van der Waals surface area contributed by atoms with E-state index in [1.807, 2.05) is 4.90 Å². The van der Waals surface area contributed by atoms with Gasteiger partial charge in [-0.3, -0.25) is 19.8 Å². The van der Waals surface area contributed by atoms with Crippen LogP contribution in [0.15, 0.2) is 47.4 Å². The van der Waals surface area contributed by atoms with Crippen molar-refractivity contribution in [2.75, 3.05) is 36.1 Å². The lowest BCUT2D eigenvalue weighted by Crippen LogP contribution is -2.36. The van der Waals surface area contributed by atoms with Crippen LogP contribution in [0.25, 0.3) is 6.08 Å². The van der Waals surface area contributed by atoms with Crippen molar-refractivity contribution in [3.05, 3.63) is 68.1 Å². The van der Waals surface area contributed by atoms with Gasteiger partial charge in [0, 0.05) is 24.2 Å². The molecule has 2 aliphatic heterocycles. The number of anilines is 2. The van der Waals surface area contributed by atoms with Crippen LogP contribution in [-0.4, -0.2) is 41.5 Å². The van der Waals surface area contributed by atoms with E-state index >= 15 is 0 Å². The number of hydrogen-bond donors (Lipinski definition) is 0. The molecular formula is C20H16ClN3O4S2. The van der Waals surface area contributed by atoms with Gasteiger partial charge in [0.25, 0.3) is 11.6 Å². The van der Waals surface area contributed by atoms with Gasteiger partial charge in [-0.05, 0) is 42.0 Å². The number of ether oxygens (including phenoxy) is 1. The van der Waals surface area contributed by atoms with Crippen LogP contribution in [0.1, 0.15) is 5.56 Å². The molecule has 0 atom stereocenters. The Balaban J connectivity index is 1.63. The third kappa shape index (κ3) is 4.20. The van der Waals surface area contributed by atoms with Crippen molar-refractivity contribution in [3.8, 4) is 0 Å². The molecule has 2 aromatic carbocycles. The number of halogens is 1. The zero-order chi connectivity index (χ0) is 21.3. The first-order valence-electron chi connectivity index (χ1n) is 9.09. The van der Waals surface area contributed by atoms with Crippen molar-refractivity contribution in [1.29, 1.82) is 0 Å². The largest absolute Gasteiger partial charge is 0.378 e. The molecule has 1 amide bonds. The molecule has 0 bridgehead atoms. The summed E-state index contributed by atoms with van der Waals surface area (Å²) in [6, 6.07) is 11.8. The second-order valence-electron chi connectivity index (χ2n) is 6.60. The van der Waals surface area contributed by atoms with Gasteiger partial charge in [-0.25, -0.2) is 0 Å². The van der Waals surface area contributed by atoms with Gasteiger partial charge in [0.2, 0.25) is 0 Å². The Hall–Kier alpha value is -2.46. The molecule has 2 saturated heterocycles. The van der Waals surface area contributed by atoms with Gasteiger partial charge in [-0.1, -0.05) is 41.6 Å². The summed E-state index contributed by atoms with van der Waals surface area (Å²) in [5.74, 6) is -0.271. The van der Waals surface area contributed by atoms with E-state index in [-0.39, 0.29) is 11.6 Å². The first kappa shape index (κ1) is 20.8. The van der Waals surface area contributed by atoms with Crippen LogP contribution in [0.4, 0.5) is 17.1 Å². The Morgan fingerprint density at radius 1 is 1.17 bits per heavy atom. The molecule has 7 nitrogen and oxygen atoms in total. The summed E-state index contributed by atoms with van der Waals surface area (Å²) in [5, 5.41) is 12.2. The topological polar surface area (TPSA) is 75.9 Å². The number of benzene rings is 2. The fraction of sp³-hybridized carbons (Fsp3) is 0.200. The molecular weight excluding hydrogens is 446 g/mol. The maximum Gasteiger partial charge on any atom is 0.293 e. The average Bonchev–Trinajstić information content (AvgIpc) is 3.02. The predicted molar refractivity (Wildman–Crippen MR) is 123 cm³/mol. The number of hydrogen-bond acceptors (Lipinski definition) is 7. The summed E-state index contributed by atoms with van der Waals surface area (Å²) in [6.45, 7) is 2.26. The molecule has 2 fully saturated rings. The van der Waals surface area contributed by atoms with E-state index in [1.54, 1.807) is 42.5 Å². The Morgan fingerprint density at radius 2 is 1.87 bits per heavy atom. The van der Waals surface area contributed by atoms with Crippen LogP contribution >= 0.6 is 35.6 Å². The van der Waals surface area contributed by atoms with Gasteiger partial charge in [0.1, 0.15) is 5.69 Å². The maximum atomic E-state index is 12.9. The van der Waals surface area contributed by atoms with Gasteiger partial charge in [-0.15, -0.1) is 0 Å². The lowest BCUT2D eigenvalue weighted by Gasteiger charge is -2.28. The highest BCUT2D eigenvalue weighted by Gasteiger charge is 2.33. The quantitative estimate of drug-likeness (QED) is 0.287. The van der Waals surface area contributed by atoms with Crippen LogP contribution in [0.5, 0.6) is 0 Å². The normalized spacial score (nSPS) is 18.4. The monoisotopic (exact) mass is 461 g/mol. The summed E-state index contributed by atoms with van der Waals surface area (Å²) >= 11 is 12.4. The second-order valence-corrected chi connectivity index (χ2v) is 8.71. The Kier molecular flexibility index (Phi) is 6.05. The minimum atomic E-state index is -0.402. The number of rotatable bonds is 4. The number of thioether (sulfide) groups is 1. The first-order chi connectivity index (χ1) is 14.4.